The molecule has 2 fully saturated rings. The van der Waals surface area contributed by atoms with E-state index in [1.807, 2.05) is 18.2 Å². The van der Waals surface area contributed by atoms with E-state index in [4.69, 9.17) is 14.2 Å². The topological polar surface area (TPSA) is 51.2 Å². The van der Waals surface area contributed by atoms with Gasteiger partial charge in [-0.2, -0.15) is 0 Å². The lowest BCUT2D eigenvalue weighted by Crippen LogP contribution is -2.42. The Balaban J connectivity index is 1.39. The van der Waals surface area contributed by atoms with Crippen LogP contribution in [0.4, 0.5) is 4.39 Å². The van der Waals surface area contributed by atoms with Crippen molar-refractivity contribution in [2.24, 2.45) is 11.8 Å². The van der Waals surface area contributed by atoms with Crippen LogP contribution in [0.25, 0.3) is 0 Å². The van der Waals surface area contributed by atoms with Crippen molar-refractivity contribution in [2.45, 2.75) is 31.6 Å². The molecule has 6 heteroatoms. The van der Waals surface area contributed by atoms with Crippen LogP contribution in [-0.4, -0.2) is 49.5 Å². The Bertz CT molecular complexity index is 806. The Hall–Kier alpha value is -2.31. The first-order valence-electron chi connectivity index (χ1n) is 10.1. The molecule has 0 amide bonds. The van der Waals surface area contributed by atoms with E-state index in [-0.39, 0.29) is 11.9 Å². The zero-order valence-corrected chi connectivity index (χ0v) is 16.9. The van der Waals surface area contributed by atoms with Gasteiger partial charge in [0, 0.05) is 25.7 Å². The summed E-state index contributed by atoms with van der Waals surface area (Å²) in [5.41, 5.74) is 1.15. The van der Waals surface area contributed by atoms with E-state index in [1.54, 1.807) is 26.4 Å². The van der Waals surface area contributed by atoms with E-state index in [1.165, 1.54) is 12.1 Å². The van der Waals surface area contributed by atoms with Crippen molar-refractivity contribution in [1.29, 1.82) is 0 Å². The lowest BCUT2D eigenvalue weighted by molar-refractivity contribution is -0.0231. The van der Waals surface area contributed by atoms with Gasteiger partial charge < -0.3 is 19.3 Å². The minimum atomic E-state index is -0.502. The molecule has 2 aromatic rings. The second-order valence-electron chi connectivity index (χ2n) is 8.08. The van der Waals surface area contributed by atoms with Gasteiger partial charge in [0.1, 0.15) is 29.2 Å². The van der Waals surface area contributed by atoms with Crippen molar-refractivity contribution in [2.75, 3.05) is 27.3 Å². The predicted molar refractivity (Wildman–Crippen MR) is 108 cm³/mol. The van der Waals surface area contributed by atoms with Crippen LogP contribution in [-0.2, 0) is 6.54 Å². The number of ether oxygens (including phenoxy) is 3. The van der Waals surface area contributed by atoms with Crippen molar-refractivity contribution in [3.8, 4) is 17.2 Å². The minimum Gasteiger partial charge on any atom is -0.497 e. The third kappa shape index (κ3) is 4.65. The number of aliphatic hydroxyl groups excluding tert-OH is 1. The molecule has 0 aromatic heterocycles. The molecular weight excluding hydrogens is 373 g/mol. The van der Waals surface area contributed by atoms with Crippen LogP contribution in [0, 0.1) is 17.7 Å². The van der Waals surface area contributed by atoms with Gasteiger partial charge in [-0.3, -0.25) is 4.90 Å². The molecule has 4 atom stereocenters. The Morgan fingerprint density at radius 2 is 1.55 bits per heavy atom. The number of nitrogens with zero attached hydrogens (tertiary/aromatic N) is 1. The number of hydrogen-bond acceptors (Lipinski definition) is 5. The second-order valence-corrected chi connectivity index (χ2v) is 8.08. The zero-order valence-electron chi connectivity index (χ0n) is 16.9. The summed E-state index contributed by atoms with van der Waals surface area (Å²) >= 11 is 0. The van der Waals surface area contributed by atoms with E-state index in [2.05, 4.69) is 4.90 Å². The van der Waals surface area contributed by atoms with Gasteiger partial charge in [-0.05, 0) is 66.6 Å². The van der Waals surface area contributed by atoms with Crippen molar-refractivity contribution in [3.63, 3.8) is 0 Å². The van der Waals surface area contributed by atoms with E-state index >= 15 is 0 Å². The molecule has 2 aromatic carbocycles. The molecule has 0 spiro atoms. The fourth-order valence-corrected chi connectivity index (χ4v) is 4.65. The third-order valence-electron chi connectivity index (χ3n) is 6.08. The van der Waals surface area contributed by atoms with Crippen LogP contribution in [0.3, 0.4) is 0 Å². The van der Waals surface area contributed by atoms with Gasteiger partial charge in [-0.25, -0.2) is 4.39 Å². The molecular formula is C23H28FNO4. The molecule has 2 aliphatic rings. The number of halogens is 1. The Kier molecular flexibility index (Phi) is 5.92. The molecule has 156 valence electrons. The summed E-state index contributed by atoms with van der Waals surface area (Å²) in [5, 5.41) is 10.6. The molecule has 1 N–H and O–H groups in total. The number of hydrogen-bond donors (Lipinski definition) is 1. The minimum absolute atomic E-state index is 0.251. The maximum absolute atomic E-state index is 13.1. The Morgan fingerprint density at radius 3 is 2.17 bits per heavy atom. The first-order chi connectivity index (χ1) is 14.0. The third-order valence-corrected chi connectivity index (χ3v) is 6.08. The van der Waals surface area contributed by atoms with E-state index in [9.17, 15) is 9.50 Å². The average molecular weight is 401 g/mol. The van der Waals surface area contributed by atoms with Gasteiger partial charge in [-0.15, -0.1) is 0 Å². The van der Waals surface area contributed by atoms with Gasteiger partial charge in [0.2, 0.25) is 0 Å². The number of benzene rings is 2. The average Bonchev–Trinajstić information content (AvgIpc) is 3.10. The number of aliphatic hydroxyl groups is 1. The van der Waals surface area contributed by atoms with E-state index in [0.717, 1.165) is 49.5 Å². The van der Waals surface area contributed by atoms with Crippen LogP contribution in [0.5, 0.6) is 17.2 Å². The van der Waals surface area contributed by atoms with Crippen molar-refractivity contribution in [3.05, 3.63) is 53.8 Å². The lowest BCUT2D eigenvalue weighted by Gasteiger charge is -2.35. The van der Waals surface area contributed by atoms with Gasteiger partial charge in [0.05, 0.1) is 20.3 Å². The highest BCUT2D eigenvalue weighted by Gasteiger charge is 2.42. The zero-order chi connectivity index (χ0) is 20.4. The molecule has 1 saturated carbocycles. The first kappa shape index (κ1) is 20.0. The highest BCUT2D eigenvalue weighted by molar-refractivity contribution is 5.38. The smallest absolute Gasteiger partial charge is 0.125 e. The quantitative estimate of drug-likeness (QED) is 0.803. The molecule has 1 aliphatic carbocycles. The van der Waals surface area contributed by atoms with Crippen molar-refractivity contribution >= 4 is 0 Å². The van der Waals surface area contributed by atoms with E-state index in [0.29, 0.717) is 17.6 Å². The van der Waals surface area contributed by atoms with Crippen LogP contribution >= 0.6 is 0 Å². The highest BCUT2D eigenvalue weighted by Crippen LogP contribution is 2.38. The molecule has 0 unspecified atom stereocenters. The SMILES string of the molecule is COc1cc(CN2C[C@H]3C[C@@H](Oc4ccc(F)cc4)[C@H](O)C[C@H]3C2)cc(OC)c1. The molecule has 0 bridgehead atoms. The van der Waals surface area contributed by atoms with Crippen molar-refractivity contribution in [1.82, 2.24) is 4.90 Å². The normalized spacial score (nSPS) is 26.8. The molecule has 4 rings (SSSR count). The maximum atomic E-state index is 13.1. The summed E-state index contributed by atoms with van der Waals surface area (Å²) in [6.45, 7) is 2.75. The summed E-state index contributed by atoms with van der Waals surface area (Å²) in [4.78, 5) is 2.43. The summed E-state index contributed by atoms with van der Waals surface area (Å²) in [6, 6.07) is 12.0. The first-order valence-corrected chi connectivity index (χ1v) is 10.1. The van der Waals surface area contributed by atoms with Gasteiger partial charge >= 0.3 is 0 Å². The number of methoxy groups -OCH3 is 2. The fraction of sp³-hybridized carbons (Fsp3) is 0.478. The van der Waals surface area contributed by atoms with Crippen LogP contribution in [0.1, 0.15) is 18.4 Å². The standard InChI is InChI=1S/C23H28FNO4/c1-27-20-7-15(8-21(11-20)28-2)12-25-13-16-9-22(26)23(10-17(16)14-25)29-19-5-3-18(24)4-6-19/h3-8,11,16-17,22-23,26H,9-10,12-14H2,1-2H3/t16-,17+,22+,23+/m0/s1. The van der Waals surface area contributed by atoms with Gasteiger partial charge in [0.15, 0.2) is 0 Å². The summed E-state index contributed by atoms with van der Waals surface area (Å²) < 4.78 is 29.8. The van der Waals surface area contributed by atoms with Crippen LogP contribution in [0.15, 0.2) is 42.5 Å². The highest BCUT2D eigenvalue weighted by atomic mass is 19.1. The Labute approximate surface area is 171 Å². The number of fused-ring (bicyclic) bond motifs is 1. The van der Waals surface area contributed by atoms with Gasteiger partial charge in [0.25, 0.3) is 0 Å². The summed E-state index contributed by atoms with van der Waals surface area (Å²) in [5.74, 6) is 2.84. The lowest BCUT2D eigenvalue weighted by atomic mass is 9.78. The monoisotopic (exact) mass is 401 g/mol. The predicted octanol–water partition coefficient (Wildman–Crippen LogP) is 3.49. The molecule has 29 heavy (non-hydrogen) atoms. The number of likely N-dealkylation sites (tertiary alicyclic amines) is 1. The molecule has 1 heterocycles. The van der Waals surface area contributed by atoms with Crippen LogP contribution in [0.2, 0.25) is 0 Å². The van der Waals surface area contributed by atoms with E-state index < -0.39 is 6.10 Å². The van der Waals surface area contributed by atoms with Gasteiger partial charge in [-0.1, -0.05) is 0 Å². The summed E-state index contributed by atoms with van der Waals surface area (Å²) in [7, 11) is 3.32. The largest absolute Gasteiger partial charge is 0.497 e. The molecule has 5 nitrogen and oxygen atoms in total. The number of rotatable bonds is 6. The second kappa shape index (κ2) is 8.59. The Morgan fingerprint density at radius 1 is 0.931 bits per heavy atom. The maximum Gasteiger partial charge on any atom is 0.125 e. The fourth-order valence-electron chi connectivity index (χ4n) is 4.65. The molecule has 1 aliphatic heterocycles. The van der Waals surface area contributed by atoms with Crippen molar-refractivity contribution < 1.29 is 23.7 Å². The summed E-state index contributed by atoms with van der Waals surface area (Å²) in [6.07, 6.45) is 0.784. The molecule has 1 saturated heterocycles. The molecule has 0 radical (unpaired) electrons. The van der Waals surface area contributed by atoms with Crippen LogP contribution < -0.4 is 14.2 Å².